The van der Waals surface area contributed by atoms with Gasteiger partial charge in [-0.3, -0.25) is 9.11 Å². The fourth-order valence-corrected chi connectivity index (χ4v) is 2.96. The molecule has 2 aromatic heterocycles. The summed E-state index contributed by atoms with van der Waals surface area (Å²) in [6.07, 6.45) is 2.21. The van der Waals surface area contributed by atoms with Crippen molar-refractivity contribution >= 4 is 20.2 Å². The topological polar surface area (TPSA) is 144 Å². The quantitative estimate of drug-likeness (QED) is 0.745. The summed E-state index contributed by atoms with van der Waals surface area (Å²) in [6.45, 7) is 0. The predicted octanol–water partition coefficient (Wildman–Crippen LogP) is 1.36. The molecule has 0 bridgehead atoms. The van der Waals surface area contributed by atoms with E-state index in [2.05, 4.69) is 0 Å². The van der Waals surface area contributed by atoms with E-state index in [1.165, 1.54) is 12.1 Å². The summed E-state index contributed by atoms with van der Waals surface area (Å²) >= 11 is 0. The van der Waals surface area contributed by atoms with Gasteiger partial charge in [0.2, 0.25) is 10.9 Å². The van der Waals surface area contributed by atoms with Crippen LogP contribution >= 0.6 is 0 Å². The monoisotopic (exact) mass is 338 g/mol. The smallest absolute Gasteiger partial charge is 0.300 e. The van der Waals surface area contributed by atoms with Crippen LogP contribution < -0.4 is 0 Å². The van der Waals surface area contributed by atoms with Gasteiger partial charge in [-0.1, -0.05) is 0 Å². The van der Waals surface area contributed by atoms with Crippen LogP contribution in [0.25, 0.3) is 0 Å². The summed E-state index contributed by atoms with van der Waals surface area (Å²) in [4.78, 5) is 0. The largest absolute Gasteiger partial charge is 0.465 e. The summed E-state index contributed by atoms with van der Waals surface area (Å²) in [5, 5.41) is 0. The van der Waals surface area contributed by atoms with E-state index in [1.54, 1.807) is 0 Å². The van der Waals surface area contributed by atoms with E-state index in [1.807, 2.05) is 0 Å². The third kappa shape index (κ3) is 3.71. The summed E-state index contributed by atoms with van der Waals surface area (Å²) in [5.41, 5.74) is -4.30. The maximum absolute atomic E-state index is 11.3. The Morgan fingerprint density at radius 2 is 1.24 bits per heavy atom. The molecule has 0 fully saturated rings. The maximum atomic E-state index is 11.3. The molecule has 0 aliphatic heterocycles. The summed E-state index contributed by atoms with van der Waals surface area (Å²) in [5.74, 6) is -0.726. The van der Waals surface area contributed by atoms with E-state index in [4.69, 9.17) is 22.7 Å². The van der Waals surface area contributed by atoms with Crippen LogP contribution in [0.5, 0.6) is 0 Å². The minimum Gasteiger partial charge on any atom is -0.465 e. The Hall–Kier alpha value is -1.66. The average Bonchev–Trinajstić information content (AvgIpc) is 2.96. The van der Waals surface area contributed by atoms with Crippen molar-refractivity contribution in [1.29, 1.82) is 0 Å². The highest BCUT2D eigenvalue weighted by atomic mass is 32.2. The van der Waals surface area contributed by atoms with E-state index in [0.717, 1.165) is 24.7 Å². The summed E-state index contributed by atoms with van der Waals surface area (Å²) in [7, 11) is -9.73. The zero-order chi connectivity index (χ0) is 15.7. The molecule has 2 N–H and O–H groups in total. The normalized spacial score (nSPS) is 15.7. The second kappa shape index (κ2) is 5.61. The molecule has 2 heterocycles. The molecule has 9 nitrogen and oxygen atoms in total. The van der Waals surface area contributed by atoms with Crippen LogP contribution in [0.2, 0.25) is 0 Å². The molecule has 2 aromatic rings. The average molecular weight is 338 g/mol. The predicted molar refractivity (Wildman–Crippen MR) is 67.1 cm³/mol. The van der Waals surface area contributed by atoms with Gasteiger partial charge in [0.1, 0.15) is 0 Å². The molecule has 0 amide bonds. The standard InChI is InChI=1S/C10H10O9S2/c11-20(12,13)9(7-3-1-5-17-7)19-10(21(14,15)16)8-4-2-6-18-8/h1-6,9-10H,(H,11,12,13)(H,14,15,16). The Kier molecular flexibility index (Phi) is 4.20. The molecule has 21 heavy (non-hydrogen) atoms. The van der Waals surface area contributed by atoms with Crippen molar-refractivity contribution < 1.29 is 39.5 Å². The lowest BCUT2D eigenvalue weighted by Crippen LogP contribution is -2.23. The highest BCUT2D eigenvalue weighted by Crippen LogP contribution is 2.33. The molecule has 0 aromatic carbocycles. The molecule has 0 saturated carbocycles. The number of rotatable bonds is 6. The van der Waals surface area contributed by atoms with Crippen LogP contribution in [0, 0.1) is 0 Å². The van der Waals surface area contributed by atoms with Gasteiger partial charge >= 0.3 is 0 Å². The lowest BCUT2D eigenvalue weighted by atomic mass is 10.4. The molecule has 0 aliphatic carbocycles. The van der Waals surface area contributed by atoms with Gasteiger partial charge in [-0.2, -0.15) is 16.8 Å². The lowest BCUT2D eigenvalue weighted by molar-refractivity contribution is 0.0440. The molecule has 11 heteroatoms. The Bertz CT molecular complexity index is 703. The third-order valence-electron chi connectivity index (χ3n) is 2.34. The first-order chi connectivity index (χ1) is 9.69. The first-order valence-corrected chi connectivity index (χ1v) is 8.35. The zero-order valence-electron chi connectivity index (χ0n) is 10.2. The van der Waals surface area contributed by atoms with Crippen LogP contribution in [0.15, 0.2) is 45.6 Å². The Labute approximate surface area is 119 Å². The molecular weight excluding hydrogens is 328 g/mol. The Balaban J connectivity index is 2.43. The van der Waals surface area contributed by atoms with Crippen molar-refractivity contribution in [3.63, 3.8) is 0 Å². The van der Waals surface area contributed by atoms with Crippen molar-refractivity contribution in [1.82, 2.24) is 0 Å². The number of ether oxygens (including phenoxy) is 1. The van der Waals surface area contributed by atoms with Gasteiger partial charge in [-0.25, -0.2) is 0 Å². The Morgan fingerprint density at radius 1 is 0.857 bits per heavy atom. The number of hydrogen-bond donors (Lipinski definition) is 2. The van der Waals surface area contributed by atoms with Gasteiger partial charge < -0.3 is 13.6 Å². The van der Waals surface area contributed by atoms with Gasteiger partial charge in [0.25, 0.3) is 20.2 Å². The Morgan fingerprint density at radius 3 is 1.48 bits per heavy atom. The highest BCUT2D eigenvalue weighted by Gasteiger charge is 2.38. The fraction of sp³-hybridized carbons (Fsp3) is 0.200. The minimum absolute atomic E-state index is 0.363. The van der Waals surface area contributed by atoms with Crippen LogP contribution in [-0.2, 0) is 25.0 Å². The lowest BCUT2D eigenvalue weighted by Gasteiger charge is -2.18. The molecule has 0 saturated heterocycles. The van der Waals surface area contributed by atoms with Crippen molar-refractivity contribution in [2.24, 2.45) is 0 Å². The number of hydrogen-bond acceptors (Lipinski definition) is 7. The molecule has 116 valence electrons. The van der Waals surface area contributed by atoms with E-state index in [9.17, 15) is 16.8 Å². The molecule has 2 rings (SSSR count). The fourth-order valence-electron chi connectivity index (χ4n) is 1.53. The number of furan rings is 2. The van der Waals surface area contributed by atoms with Crippen molar-refractivity contribution in [2.45, 2.75) is 10.9 Å². The second-order valence-corrected chi connectivity index (χ2v) is 6.78. The molecule has 0 aliphatic rings. The SMILES string of the molecule is O=S(=O)(O)C(OC(c1ccco1)S(=O)(=O)O)c1ccco1. The van der Waals surface area contributed by atoms with Crippen molar-refractivity contribution in [2.75, 3.05) is 0 Å². The molecule has 2 atom stereocenters. The first kappa shape index (κ1) is 15.7. The minimum atomic E-state index is -4.87. The van der Waals surface area contributed by atoms with Crippen LogP contribution in [0.4, 0.5) is 0 Å². The third-order valence-corrected chi connectivity index (χ3v) is 4.11. The van der Waals surface area contributed by atoms with Gasteiger partial charge in [0, 0.05) is 0 Å². The molecule has 2 unspecified atom stereocenters. The second-order valence-electron chi connectivity index (χ2n) is 3.86. The first-order valence-electron chi connectivity index (χ1n) is 5.34. The summed E-state index contributed by atoms with van der Waals surface area (Å²) < 4.78 is 78.0. The van der Waals surface area contributed by atoms with E-state index >= 15 is 0 Å². The summed E-state index contributed by atoms with van der Waals surface area (Å²) in [6, 6.07) is 4.93. The zero-order valence-corrected chi connectivity index (χ0v) is 11.8. The van der Waals surface area contributed by atoms with Crippen molar-refractivity contribution in [3.8, 4) is 0 Å². The van der Waals surface area contributed by atoms with E-state index in [0.29, 0.717) is 0 Å². The van der Waals surface area contributed by atoms with Crippen LogP contribution in [-0.4, -0.2) is 25.9 Å². The van der Waals surface area contributed by atoms with E-state index < -0.39 is 31.1 Å². The van der Waals surface area contributed by atoms with E-state index in [-0.39, 0.29) is 11.5 Å². The van der Waals surface area contributed by atoms with Gasteiger partial charge in [-0.15, -0.1) is 0 Å². The van der Waals surface area contributed by atoms with Gasteiger partial charge in [0.05, 0.1) is 12.5 Å². The van der Waals surface area contributed by atoms with Gasteiger partial charge in [0.15, 0.2) is 11.5 Å². The molecule has 0 radical (unpaired) electrons. The highest BCUT2D eigenvalue weighted by molar-refractivity contribution is 7.86. The van der Waals surface area contributed by atoms with Crippen LogP contribution in [0.3, 0.4) is 0 Å². The van der Waals surface area contributed by atoms with Gasteiger partial charge in [-0.05, 0) is 24.3 Å². The van der Waals surface area contributed by atoms with Crippen molar-refractivity contribution in [3.05, 3.63) is 48.3 Å². The van der Waals surface area contributed by atoms with Crippen LogP contribution in [0.1, 0.15) is 22.4 Å². The molecule has 0 spiro atoms. The maximum Gasteiger partial charge on any atom is 0.300 e. The molecular formula is C10H10O9S2.